The molecule has 0 aromatic heterocycles. The van der Waals surface area contributed by atoms with Crippen molar-refractivity contribution in [2.45, 2.75) is 135 Å². The number of amides is 2. The summed E-state index contributed by atoms with van der Waals surface area (Å²) in [7, 11) is 1.38. The molecule has 3 aliphatic carbocycles. The molecule has 2 saturated carbocycles. The zero-order chi connectivity index (χ0) is 57.7. The number of benzene rings is 3. The third kappa shape index (κ3) is 12.3. The lowest BCUT2D eigenvalue weighted by Gasteiger charge is -2.68. The molecule has 426 valence electrons. The van der Waals surface area contributed by atoms with E-state index in [1.165, 1.54) is 38.3 Å². The van der Waals surface area contributed by atoms with E-state index >= 15 is 9.59 Å². The average Bonchev–Trinajstić information content (AvgIpc) is 2.05. The number of rotatable bonds is 18. The summed E-state index contributed by atoms with van der Waals surface area (Å²) in [6.45, 7) is 9.90. The van der Waals surface area contributed by atoms with E-state index in [2.05, 4.69) is 10.6 Å². The summed E-state index contributed by atoms with van der Waals surface area (Å²) in [5.74, 6) is -8.74. The maximum atomic E-state index is 15.8. The monoisotopic (exact) mass is 1100 g/mol. The van der Waals surface area contributed by atoms with Gasteiger partial charge in [-0.25, -0.2) is 24.0 Å². The Bertz CT molecular complexity index is 2780. The second-order valence-electron chi connectivity index (χ2n) is 22.0. The highest BCUT2D eigenvalue weighted by Gasteiger charge is 2.78. The molecule has 1 saturated heterocycles. The van der Waals surface area contributed by atoms with Crippen LogP contribution in [0.4, 0.5) is 9.59 Å². The van der Waals surface area contributed by atoms with E-state index in [1.807, 2.05) is 6.07 Å². The molecule has 21 nitrogen and oxygen atoms in total. The fourth-order valence-corrected chi connectivity index (χ4v) is 11.8. The standard InChI is InChI=1S/C58H70N2O19/c1-33-39(75-51(67)46(45(36-21-15-11-16-22-36)60-53(69)79-54(3,4)5)76-43(64)31-72-42(63)25-26-59-52(68)73-30-35-19-13-10-14-20-35)28-58(70)49(77-50(66)37-23-17-12-18-24-37)47-56(8,48(65)38(29-61)44(33)55(58,6)7)40(71-9)27-41-57(47,32-74-41)78-34(2)62/h10-24,38-41,45-47,49,61,70H,25-32H2,1-9H3,(H,59,68)(H,60,69)/t38-,39+,40+,41-,45+,46-,47+,49+,56-,57+,58-/m1/s1. The molecule has 0 radical (unpaired) electrons. The van der Waals surface area contributed by atoms with Crippen molar-refractivity contribution in [1.29, 1.82) is 0 Å². The number of alkyl carbamates (subject to hydrolysis) is 2. The predicted molar refractivity (Wildman–Crippen MR) is 277 cm³/mol. The molecule has 4 aliphatic rings. The smallest absolute Gasteiger partial charge is 0.408 e. The van der Waals surface area contributed by atoms with Gasteiger partial charge in [0.15, 0.2) is 18.0 Å². The Morgan fingerprint density at radius 3 is 2.06 bits per heavy atom. The van der Waals surface area contributed by atoms with E-state index in [4.69, 9.17) is 42.6 Å². The number of esters is 5. The van der Waals surface area contributed by atoms with Crippen molar-refractivity contribution < 1.29 is 91.2 Å². The third-order valence-electron chi connectivity index (χ3n) is 15.5. The normalized spacial score (nSPS) is 27.5. The number of hydrogen-bond donors (Lipinski definition) is 4. The Morgan fingerprint density at radius 2 is 1.48 bits per heavy atom. The summed E-state index contributed by atoms with van der Waals surface area (Å²) in [6.07, 6.45) is -10.2. The second-order valence-corrected chi connectivity index (χ2v) is 22.0. The molecule has 21 heteroatoms. The van der Waals surface area contributed by atoms with Gasteiger partial charge >= 0.3 is 42.0 Å². The van der Waals surface area contributed by atoms with Gasteiger partial charge in [-0.1, -0.05) is 92.7 Å². The minimum absolute atomic E-state index is 0.0206. The number of fused-ring (bicyclic) bond motifs is 5. The number of aliphatic hydroxyl groups excluding tert-OH is 1. The Hall–Kier alpha value is -7.20. The number of ketones is 1. The van der Waals surface area contributed by atoms with E-state index in [-0.39, 0.29) is 48.5 Å². The van der Waals surface area contributed by atoms with E-state index in [1.54, 1.807) is 109 Å². The van der Waals surface area contributed by atoms with Crippen LogP contribution >= 0.6 is 0 Å². The van der Waals surface area contributed by atoms with Crippen LogP contribution in [0.1, 0.15) is 102 Å². The number of nitrogens with one attached hydrogen (secondary N) is 2. The molecule has 1 heterocycles. The number of carbonyl (C=O) groups is 8. The van der Waals surface area contributed by atoms with Gasteiger partial charge in [-0.15, -0.1) is 0 Å². The lowest BCUT2D eigenvalue weighted by molar-refractivity contribution is -0.347. The number of carbonyl (C=O) groups excluding carboxylic acids is 8. The van der Waals surface area contributed by atoms with Gasteiger partial charge in [-0.3, -0.25) is 14.4 Å². The molecule has 3 aromatic carbocycles. The molecule has 0 spiro atoms. The Morgan fingerprint density at radius 1 is 0.848 bits per heavy atom. The number of aliphatic hydroxyl groups is 2. The van der Waals surface area contributed by atoms with Gasteiger partial charge in [0.25, 0.3) is 0 Å². The average molecular weight is 1100 g/mol. The molecule has 4 N–H and O–H groups in total. The quantitative estimate of drug-likeness (QED) is 0.0688. The zero-order valence-corrected chi connectivity index (χ0v) is 45.8. The summed E-state index contributed by atoms with van der Waals surface area (Å²) in [5.41, 5.74) is -7.26. The van der Waals surface area contributed by atoms with Crippen molar-refractivity contribution in [3.8, 4) is 0 Å². The molecular formula is C58H70N2O19. The Balaban J connectivity index is 1.27. The predicted octanol–water partition coefficient (Wildman–Crippen LogP) is 5.57. The summed E-state index contributed by atoms with van der Waals surface area (Å²) >= 11 is 0. The van der Waals surface area contributed by atoms with Crippen molar-refractivity contribution >= 4 is 47.8 Å². The van der Waals surface area contributed by atoms with Gasteiger partial charge in [0.1, 0.15) is 42.2 Å². The number of hydrogen-bond acceptors (Lipinski definition) is 19. The van der Waals surface area contributed by atoms with Crippen LogP contribution < -0.4 is 10.6 Å². The molecule has 2 bridgehead atoms. The fourth-order valence-electron chi connectivity index (χ4n) is 11.8. The van der Waals surface area contributed by atoms with Crippen LogP contribution in [-0.2, 0) is 73.2 Å². The van der Waals surface area contributed by atoms with Crippen LogP contribution in [0.15, 0.2) is 102 Å². The Kier molecular flexibility index (Phi) is 18.1. The fraction of sp³-hybridized carbons (Fsp3) is 0.517. The first-order valence-electron chi connectivity index (χ1n) is 26.0. The molecule has 11 atom stereocenters. The molecule has 3 aromatic rings. The van der Waals surface area contributed by atoms with Crippen molar-refractivity contribution in [3.05, 3.63) is 119 Å². The minimum atomic E-state index is -2.40. The summed E-state index contributed by atoms with van der Waals surface area (Å²) in [5, 5.41) is 30.5. The van der Waals surface area contributed by atoms with Crippen molar-refractivity contribution in [2.24, 2.45) is 22.7 Å². The van der Waals surface area contributed by atoms with Gasteiger partial charge in [-0.2, -0.15) is 0 Å². The first-order valence-corrected chi connectivity index (χ1v) is 26.0. The molecule has 3 fully saturated rings. The summed E-state index contributed by atoms with van der Waals surface area (Å²) in [4.78, 5) is 111. The van der Waals surface area contributed by atoms with E-state index in [0.717, 1.165) is 5.56 Å². The number of ether oxygens (including phenoxy) is 9. The lowest BCUT2D eigenvalue weighted by atomic mass is 9.43. The van der Waals surface area contributed by atoms with Crippen LogP contribution in [0.25, 0.3) is 0 Å². The maximum Gasteiger partial charge on any atom is 0.408 e. The van der Waals surface area contributed by atoms with Gasteiger partial charge in [0.05, 0.1) is 48.6 Å². The van der Waals surface area contributed by atoms with Gasteiger partial charge in [0, 0.05) is 38.8 Å². The highest BCUT2D eigenvalue weighted by atomic mass is 16.6. The molecule has 7 rings (SSSR count). The highest BCUT2D eigenvalue weighted by molar-refractivity contribution is 5.93. The first-order chi connectivity index (χ1) is 37.3. The van der Waals surface area contributed by atoms with Crippen LogP contribution in [-0.4, -0.2) is 139 Å². The molecule has 79 heavy (non-hydrogen) atoms. The minimum Gasteiger partial charge on any atom is -0.455 e. The SMILES string of the molecule is CO[C@H]1C[C@H]2OC[C@@]2(OC(C)=O)[C@H]2[C@H](OC(=O)c3ccccc3)[C@]3(O)C[C@H](OC(=O)[C@H](OC(=O)COC(=O)CCNC(=O)OCc4ccccc4)[C@@H](NC(=O)OC(C)(C)C)c4ccccc4)C(C)=C([C@@H](CO)C(=O)[C@]12C)C3(C)C. The number of methoxy groups -OCH3 is 1. The van der Waals surface area contributed by atoms with Crippen LogP contribution in [0, 0.1) is 22.7 Å². The largest absolute Gasteiger partial charge is 0.455 e. The van der Waals surface area contributed by atoms with Crippen LogP contribution in [0.3, 0.4) is 0 Å². The van der Waals surface area contributed by atoms with Crippen LogP contribution in [0.2, 0.25) is 0 Å². The van der Waals surface area contributed by atoms with Gasteiger partial charge in [0.2, 0.25) is 6.10 Å². The molecular weight excluding hydrogens is 1030 g/mol. The van der Waals surface area contributed by atoms with Gasteiger partial charge < -0.3 is 63.5 Å². The van der Waals surface area contributed by atoms with E-state index in [9.17, 15) is 39.0 Å². The van der Waals surface area contributed by atoms with Crippen molar-refractivity contribution in [1.82, 2.24) is 10.6 Å². The zero-order valence-electron chi connectivity index (χ0n) is 45.8. The lowest BCUT2D eigenvalue weighted by Crippen LogP contribution is -2.81. The Labute approximate surface area is 457 Å². The number of Topliss-reactive ketones (excluding diaryl/α,β-unsaturated/α-hetero) is 1. The van der Waals surface area contributed by atoms with Crippen molar-refractivity contribution in [3.63, 3.8) is 0 Å². The third-order valence-corrected chi connectivity index (χ3v) is 15.5. The molecule has 0 unspecified atom stereocenters. The summed E-state index contributed by atoms with van der Waals surface area (Å²) in [6, 6.07) is 23.1. The second kappa shape index (κ2) is 24.0. The summed E-state index contributed by atoms with van der Waals surface area (Å²) < 4.78 is 52.9. The first kappa shape index (κ1) is 59.5. The van der Waals surface area contributed by atoms with Crippen molar-refractivity contribution in [2.75, 3.05) is 33.5 Å². The van der Waals surface area contributed by atoms with E-state index in [0.29, 0.717) is 0 Å². The molecule has 2 amide bonds. The maximum absolute atomic E-state index is 15.8. The topological polar surface area (TPSA) is 284 Å². The molecule has 1 aliphatic heterocycles. The highest BCUT2D eigenvalue weighted by Crippen LogP contribution is 2.65. The van der Waals surface area contributed by atoms with Gasteiger partial charge in [-0.05, 0) is 69.0 Å². The van der Waals surface area contributed by atoms with E-state index < -0.39 is 150 Å². The van der Waals surface area contributed by atoms with Crippen LogP contribution in [0.5, 0.6) is 0 Å².